The summed E-state index contributed by atoms with van der Waals surface area (Å²) < 4.78 is 0. The maximum Gasteiger partial charge on any atom is 0.251 e. The lowest BCUT2D eigenvalue weighted by Gasteiger charge is -2.09. The number of hydrogen-bond donors (Lipinski definition) is 3. The number of carbonyl (C=O) groups is 2. The zero-order valence-electron chi connectivity index (χ0n) is 10.1. The first kappa shape index (κ1) is 14.5. The molecule has 0 saturated carbocycles. The number of aliphatic hydroxyl groups excluding tert-OH is 1. The van der Waals surface area contributed by atoms with Crippen molar-refractivity contribution in [1.29, 1.82) is 0 Å². The highest BCUT2D eigenvalue weighted by Gasteiger charge is 2.13. The number of nitrogens with two attached hydrogens (primary N) is 1. The fraction of sp³-hybridized carbons (Fsp3) is 0.333. The molecule has 98 valence electrons. The Morgan fingerprint density at radius 2 is 2.22 bits per heavy atom. The van der Waals surface area contributed by atoms with Crippen LogP contribution in [0.15, 0.2) is 24.3 Å². The molecule has 1 aromatic carbocycles. The second-order valence-corrected chi connectivity index (χ2v) is 4.63. The number of amides is 2. The van der Waals surface area contributed by atoms with Gasteiger partial charge in [-0.1, -0.05) is 12.1 Å². The predicted octanol–water partition coefficient (Wildman–Crippen LogP) is 0.126. The number of thioether (sulfide) groups is 1. The molecule has 0 aliphatic carbocycles. The van der Waals surface area contributed by atoms with E-state index in [0.29, 0.717) is 5.56 Å². The molecule has 0 aliphatic rings. The normalized spacial score (nSPS) is 11.9. The SMILES string of the molecule is CSCc1cccc(C(=O)NCC(O)C(N)=O)c1. The van der Waals surface area contributed by atoms with Crippen LogP contribution in [-0.2, 0) is 10.5 Å². The minimum Gasteiger partial charge on any atom is -0.381 e. The lowest BCUT2D eigenvalue weighted by atomic mass is 10.1. The van der Waals surface area contributed by atoms with Crippen LogP contribution < -0.4 is 11.1 Å². The summed E-state index contributed by atoms with van der Waals surface area (Å²) in [5, 5.41) is 11.6. The number of nitrogens with one attached hydrogen (secondary N) is 1. The highest BCUT2D eigenvalue weighted by Crippen LogP contribution is 2.11. The van der Waals surface area contributed by atoms with E-state index in [1.807, 2.05) is 12.3 Å². The molecule has 5 nitrogen and oxygen atoms in total. The van der Waals surface area contributed by atoms with Gasteiger partial charge < -0.3 is 16.2 Å². The van der Waals surface area contributed by atoms with Crippen molar-refractivity contribution in [3.8, 4) is 0 Å². The number of hydrogen-bond acceptors (Lipinski definition) is 4. The predicted molar refractivity (Wildman–Crippen MR) is 71.2 cm³/mol. The van der Waals surface area contributed by atoms with E-state index in [0.717, 1.165) is 11.3 Å². The Kier molecular flexibility index (Phi) is 5.67. The molecule has 0 bridgehead atoms. The summed E-state index contributed by atoms with van der Waals surface area (Å²) in [5.74, 6) is -0.366. The summed E-state index contributed by atoms with van der Waals surface area (Å²) in [6, 6.07) is 7.19. The minimum absolute atomic E-state index is 0.180. The molecule has 0 aliphatic heterocycles. The quantitative estimate of drug-likeness (QED) is 0.683. The maximum absolute atomic E-state index is 11.7. The van der Waals surface area contributed by atoms with Gasteiger partial charge in [-0.2, -0.15) is 11.8 Å². The van der Waals surface area contributed by atoms with Crippen molar-refractivity contribution in [3.63, 3.8) is 0 Å². The fourth-order valence-electron chi connectivity index (χ4n) is 1.36. The Bertz CT molecular complexity index is 437. The van der Waals surface area contributed by atoms with E-state index < -0.39 is 12.0 Å². The van der Waals surface area contributed by atoms with Crippen molar-refractivity contribution in [3.05, 3.63) is 35.4 Å². The van der Waals surface area contributed by atoms with Gasteiger partial charge in [-0.3, -0.25) is 9.59 Å². The van der Waals surface area contributed by atoms with Gasteiger partial charge >= 0.3 is 0 Å². The average Bonchev–Trinajstić information content (AvgIpc) is 2.36. The topological polar surface area (TPSA) is 92.4 Å². The summed E-state index contributed by atoms with van der Waals surface area (Å²) in [5.41, 5.74) is 6.43. The van der Waals surface area contributed by atoms with E-state index in [2.05, 4.69) is 5.32 Å². The Morgan fingerprint density at radius 1 is 1.50 bits per heavy atom. The van der Waals surface area contributed by atoms with Crippen LogP contribution in [0.3, 0.4) is 0 Å². The zero-order valence-corrected chi connectivity index (χ0v) is 10.9. The van der Waals surface area contributed by atoms with Gasteiger partial charge in [0.05, 0.1) is 6.54 Å². The molecule has 0 spiro atoms. The molecule has 1 rings (SSSR count). The molecular weight excluding hydrogens is 252 g/mol. The van der Waals surface area contributed by atoms with E-state index in [-0.39, 0.29) is 12.5 Å². The first-order chi connectivity index (χ1) is 8.54. The lowest BCUT2D eigenvalue weighted by molar-refractivity contribution is -0.125. The molecule has 0 saturated heterocycles. The Balaban J connectivity index is 2.61. The molecule has 0 radical (unpaired) electrons. The van der Waals surface area contributed by atoms with Crippen LogP contribution in [0.4, 0.5) is 0 Å². The van der Waals surface area contributed by atoms with E-state index in [1.165, 1.54) is 0 Å². The largest absolute Gasteiger partial charge is 0.381 e. The summed E-state index contributed by atoms with van der Waals surface area (Å²) >= 11 is 1.66. The molecule has 6 heteroatoms. The highest BCUT2D eigenvalue weighted by molar-refractivity contribution is 7.97. The first-order valence-electron chi connectivity index (χ1n) is 5.38. The molecule has 4 N–H and O–H groups in total. The molecule has 0 fully saturated rings. The Morgan fingerprint density at radius 3 is 2.83 bits per heavy atom. The Labute approximate surface area is 110 Å². The number of rotatable bonds is 6. The van der Waals surface area contributed by atoms with Gasteiger partial charge in [0.2, 0.25) is 5.91 Å². The molecule has 0 heterocycles. The maximum atomic E-state index is 11.7. The van der Waals surface area contributed by atoms with E-state index in [1.54, 1.807) is 30.0 Å². The zero-order chi connectivity index (χ0) is 13.5. The van der Waals surface area contributed by atoms with Gasteiger partial charge in [0.15, 0.2) is 0 Å². The smallest absolute Gasteiger partial charge is 0.251 e. The van der Waals surface area contributed by atoms with Crippen molar-refractivity contribution in [2.75, 3.05) is 12.8 Å². The van der Waals surface area contributed by atoms with Crippen molar-refractivity contribution < 1.29 is 14.7 Å². The van der Waals surface area contributed by atoms with Crippen LogP contribution in [0.5, 0.6) is 0 Å². The van der Waals surface area contributed by atoms with Gasteiger partial charge in [0.25, 0.3) is 5.91 Å². The van der Waals surface area contributed by atoms with Gasteiger partial charge in [-0.15, -0.1) is 0 Å². The van der Waals surface area contributed by atoms with Crippen molar-refractivity contribution in [2.45, 2.75) is 11.9 Å². The van der Waals surface area contributed by atoms with Gasteiger partial charge in [0, 0.05) is 11.3 Å². The molecule has 1 atom stereocenters. The summed E-state index contributed by atoms with van der Waals surface area (Å²) in [4.78, 5) is 22.4. The molecule has 1 unspecified atom stereocenters. The number of aliphatic hydroxyl groups is 1. The molecule has 18 heavy (non-hydrogen) atoms. The summed E-state index contributed by atoms with van der Waals surface area (Å²) in [7, 11) is 0. The summed E-state index contributed by atoms with van der Waals surface area (Å²) in [6.07, 6.45) is 0.624. The van der Waals surface area contributed by atoms with E-state index in [4.69, 9.17) is 10.8 Å². The second kappa shape index (κ2) is 7.03. The standard InChI is InChI=1S/C12H16N2O3S/c1-18-7-8-3-2-4-9(5-8)12(17)14-6-10(15)11(13)16/h2-5,10,15H,6-7H2,1H3,(H2,13,16)(H,14,17). The molecule has 2 amide bonds. The van der Waals surface area contributed by atoms with E-state index in [9.17, 15) is 9.59 Å². The van der Waals surface area contributed by atoms with Crippen LogP contribution in [0.2, 0.25) is 0 Å². The fourth-order valence-corrected chi connectivity index (χ4v) is 1.87. The summed E-state index contributed by atoms with van der Waals surface area (Å²) in [6.45, 7) is -0.180. The van der Waals surface area contributed by atoms with Crippen LogP contribution in [0, 0.1) is 0 Å². The van der Waals surface area contributed by atoms with Crippen LogP contribution in [-0.4, -0.2) is 35.8 Å². The third-order valence-corrected chi connectivity index (χ3v) is 2.91. The van der Waals surface area contributed by atoms with Crippen molar-refractivity contribution >= 4 is 23.6 Å². The van der Waals surface area contributed by atoms with Gasteiger partial charge in [0.1, 0.15) is 6.10 Å². The monoisotopic (exact) mass is 268 g/mol. The van der Waals surface area contributed by atoms with Gasteiger partial charge in [-0.25, -0.2) is 0 Å². The van der Waals surface area contributed by atoms with Gasteiger partial charge in [-0.05, 0) is 24.0 Å². The van der Waals surface area contributed by atoms with E-state index >= 15 is 0 Å². The molecular formula is C12H16N2O3S. The minimum atomic E-state index is -1.36. The van der Waals surface area contributed by atoms with Crippen LogP contribution in [0.1, 0.15) is 15.9 Å². The van der Waals surface area contributed by atoms with Crippen LogP contribution >= 0.6 is 11.8 Å². The number of primary amides is 1. The first-order valence-corrected chi connectivity index (χ1v) is 6.77. The third kappa shape index (κ3) is 4.38. The highest BCUT2D eigenvalue weighted by atomic mass is 32.2. The average molecular weight is 268 g/mol. The lowest BCUT2D eigenvalue weighted by Crippen LogP contribution is -2.39. The number of carbonyl (C=O) groups excluding carboxylic acids is 2. The third-order valence-electron chi connectivity index (χ3n) is 2.28. The number of benzene rings is 1. The van der Waals surface area contributed by atoms with Crippen LogP contribution in [0.25, 0.3) is 0 Å². The Hall–Kier alpha value is -1.53. The second-order valence-electron chi connectivity index (χ2n) is 3.76. The molecule has 0 aromatic heterocycles. The van der Waals surface area contributed by atoms with Crippen molar-refractivity contribution in [1.82, 2.24) is 5.32 Å². The molecule has 1 aromatic rings. The van der Waals surface area contributed by atoms with Crippen molar-refractivity contribution in [2.24, 2.45) is 5.73 Å².